The van der Waals surface area contributed by atoms with Gasteiger partial charge >= 0.3 is 6.18 Å². The normalized spacial score (nSPS) is 13.4. The van der Waals surface area contributed by atoms with E-state index in [0.717, 1.165) is 17.9 Å². The van der Waals surface area contributed by atoms with Crippen LogP contribution in [0.15, 0.2) is 41.0 Å². The van der Waals surface area contributed by atoms with Gasteiger partial charge in [-0.2, -0.15) is 13.2 Å². The van der Waals surface area contributed by atoms with Gasteiger partial charge in [-0.3, -0.25) is 0 Å². The van der Waals surface area contributed by atoms with Crippen LogP contribution in [-0.4, -0.2) is 7.05 Å². The second-order valence-electron chi connectivity index (χ2n) is 4.70. The highest BCUT2D eigenvalue weighted by Crippen LogP contribution is 2.33. The molecule has 1 atom stereocenters. The van der Waals surface area contributed by atoms with Crippen LogP contribution in [-0.2, 0) is 12.6 Å². The van der Waals surface area contributed by atoms with Crippen LogP contribution >= 0.6 is 0 Å². The zero-order valence-corrected chi connectivity index (χ0v) is 11.4. The van der Waals surface area contributed by atoms with Crippen LogP contribution in [0.25, 0.3) is 0 Å². The Kier molecular flexibility index (Phi) is 4.67. The molecule has 0 saturated heterocycles. The Morgan fingerprint density at radius 1 is 1.24 bits per heavy atom. The van der Waals surface area contributed by atoms with Crippen LogP contribution in [0, 0.1) is 5.82 Å². The number of rotatable bonds is 5. The van der Waals surface area contributed by atoms with Gasteiger partial charge in [0, 0.05) is 12.5 Å². The number of halogens is 4. The fourth-order valence-corrected chi connectivity index (χ4v) is 2.20. The lowest BCUT2D eigenvalue weighted by Gasteiger charge is -2.18. The summed E-state index contributed by atoms with van der Waals surface area (Å²) in [5.41, 5.74) is -0.837. The van der Waals surface area contributed by atoms with Gasteiger partial charge in [-0.15, -0.1) is 0 Å². The molecule has 1 aromatic carbocycles. The minimum atomic E-state index is -4.70. The smallest absolute Gasteiger partial charge is 0.419 e. The van der Waals surface area contributed by atoms with E-state index in [2.05, 4.69) is 5.32 Å². The first-order valence-corrected chi connectivity index (χ1v) is 6.48. The average molecular weight is 301 g/mol. The highest BCUT2D eigenvalue weighted by molar-refractivity contribution is 5.29. The highest BCUT2D eigenvalue weighted by atomic mass is 19.4. The number of hydrogen-bond acceptors (Lipinski definition) is 2. The molecule has 1 N–H and O–H groups in total. The molecule has 0 bridgehead atoms. The van der Waals surface area contributed by atoms with E-state index in [9.17, 15) is 17.6 Å². The summed E-state index contributed by atoms with van der Waals surface area (Å²) in [4.78, 5) is 0. The van der Waals surface area contributed by atoms with Gasteiger partial charge in [0.2, 0.25) is 0 Å². The van der Waals surface area contributed by atoms with Gasteiger partial charge in [-0.25, -0.2) is 4.39 Å². The standard InChI is InChI=1S/C15H15F4NO/c1-20-14(7-5-11-3-2-8-21-11)10-4-6-13(16)12(9-10)15(17,18)19/h2-4,6,8-9,14,20H,5,7H2,1H3. The fraction of sp³-hybridized carbons (Fsp3) is 0.333. The van der Waals surface area contributed by atoms with E-state index in [-0.39, 0.29) is 6.04 Å². The van der Waals surface area contributed by atoms with E-state index in [1.807, 2.05) is 0 Å². The minimum Gasteiger partial charge on any atom is -0.469 e. The summed E-state index contributed by atoms with van der Waals surface area (Å²) < 4.78 is 56.7. The summed E-state index contributed by atoms with van der Waals surface area (Å²) in [6.07, 6.45) is -2.02. The molecule has 0 fully saturated rings. The van der Waals surface area contributed by atoms with Crippen molar-refractivity contribution in [2.45, 2.75) is 25.1 Å². The summed E-state index contributed by atoms with van der Waals surface area (Å²) >= 11 is 0. The zero-order valence-electron chi connectivity index (χ0n) is 11.4. The monoisotopic (exact) mass is 301 g/mol. The summed E-state index contributed by atoms with van der Waals surface area (Å²) in [7, 11) is 1.66. The fourth-order valence-electron chi connectivity index (χ4n) is 2.20. The van der Waals surface area contributed by atoms with Crippen molar-refractivity contribution in [2.75, 3.05) is 7.05 Å². The lowest BCUT2D eigenvalue weighted by Crippen LogP contribution is -2.18. The SMILES string of the molecule is CNC(CCc1ccco1)c1ccc(F)c(C(F)(F)F)c1. The average Bonchev–Trinajstić information content (AvgIpc) is 2.93. The molecule has 1 aromatic heterocycles. The molecule has 0 spiro atoms. The third-order valence-electron chi connectivity index (χ3n) is 3.31. The van der Waals surface area contributed by atoms with Crippen LogP contribution < -0.4 is 5.32 Å². The first-order valence-electron chi connectivity index (χ1n) is 6.48. The molecule has 6 heteroatoms. The number of aryl methyl sites for hydroxylation is 1. The van der Waals surface area contributed by atoms with Gasteiger partial charge in [0.15, 0.2) is 0 Å². The van der Waals surface area contributed by atoms with Crippen LogP contribution in [0.4, 0.5) is 17.6 Å². The molecule has 0 aliphatic rings. The van der Waals surface area contributed by atoms with Crippen LogP contribution in [0.1, 0.15) is 29.3 Å². The second-order valence-corrected chi connectivity index (χ2v) is 4.70. The van der Waals surface area contributed by atoms with Gasteiger partial charge in [-0.05, 0) is 43.3 Å². The van der Waals surface area contributed by atoms with Crippen molar-refractivity contribution < 1.29 is 22.0 Å². The summed E-state index contributed by atoms with van der Waals surface area (Å²) in [5.74, 6) is -0.499. The number of nitrogens with one attached hydrogen (secondary N) is 1. The Bertz CT molecular complexity index is 578. The molecule has 2 nitrogen and oxygen atoms in total. The summed E-state index contributed by atoms with van der Waals surface area (Å²) in [5, 5.41) is 2.95. The van der Waals surface area contributed by atoms with E-state index in [4.69, 9.17) is 4.42 Å². The number of benzene rings is 1. The molecular weight excluding hydrogens is 286 g/mol. The quantitative estimate of drug-likeness (QED) is 0.832. The molecular formula is C15H15F4NO. The van der Waals surface area contributed by atoms with E-state index < -0.39 is 17.6 Å². The molecule has 0 aliphatic carbocycles. The van der Waals surface area contributed by atoms with E-state index in [1.165, 1.54) is 6.07 Å². The third-order valence-corrected chi connectivity index (χ3v) is 3.31. The van der Waals surface area contributed by atoms with Crippen molar-refractivity contribution in [2.24, 2.45) is 0 Å². The zero-order chi connectivity index (χ0) is 15.5. The molecule has 1 heterocycles. The molecule has 21 heavy (non-hydrogen) atoms. The first-order chi connectivity index (χ1) is 9.91. The molecule has 114 valence electrons. The van der Waals surface area contributed by atoms with Crippen LogP contribution in [0.3, 0.4) is 0 Å². The topological polar surface area (TPSA) is 25.2 Å². The Labute approximate surface area is 119 Å². The minimum absolute atomic E-state index is 0.309. The first kappa shape index (κ1) is 15.6. The predicted octanol–water partition coefficient (Wildman–Crippen LogP) is 4.33. The maximum atomic E-state index is 13.3. The van der Waals surface area contributed by atoms with Crippen molar-refractivity contribution in [3.05, 3.63) is 59.3 Å². The molecule has 0 amide bonds. The van der Waals surface area contributed by atoms with Crippen LogP contribution in [0.2, 0.25) is 0 Å². The molecule has 1 unspecified atom stereocenters. The van der Waals surface area contributed by atoms with Gasteiger partial charge in [0.05, 0.1) is 11.8 Å². The predicted molar refractivity (Wildman–Crippen MR) is 70.2 cm³/mol. The summed E-state index contributed by atoms with van der Waals surface area (Å²) in [6, 6.07) is 6.33. The van der Waals surface area contributed by atoms with Gasteiger partial charge in [-0.1, -0.05) is 6.07 Å². The molecule has 0 aliphatic heterocycles. The highest BCUT2D eigenvalue weighted by Gasteiger charge is 2.34. The van der Waals surface area contributed by atoms with Crippen molar-refractivity contribution in [1.82, 2.24) is 5.32 Å². The second kappa shape index (κ2) is 6.30. The van der Waals surface area contributed by atoms with E-state index in [1.54, 1.807) is 25.4 Å². The summed E-state index contributed by atoms with van der Waals surface area (Å²) in [6.45, 7) is 0. The third kappa shape index (κ3) is 3.85. The van der Waals surface area contributed by atoms with Crippen molar-refractivity contribution in [3.8, 4) is 0 Å². The number of furan rings is 1. The van der Waals surface area contributed by atoms with Gasteiger partial charge in [0.25, 0.3) is 0 Å². The van der Waals surface area contributed by atoms with E-state index >= 15 is 0 Å². The lowest BCUT2D eigenvalue weighted by atomic mass is 9.99. The maximum absolute atomic E-state index is 13.3. The van der Waals surface area contributed by atoms with Gasteiger partial charge < -0.3 is 9.73 Å². The van der Waals surface area contributed by atoms with E-state index in [0.29, 0.717) is 18.4 Å². The molecule has 0 saturated carbocycles. The van der Waals surface area contributed by atoms with Crippen LogP contribution in [0.5, 0.6) is 0 Å². The molecule has 2 aromatic rings. The number of alkyl halides is 3. The Balaban J connectivity index is 2.18. The Morgan fingerprint density at radius 2 is 2.00 bits per heavy atom. The van der Waals surface area contributed by atoms with Crippen molar-refractivity contribution in [3.63, 3.8) is 0 Å². The largest absolute Gasteiger partial charge is 0.469 e. The lowest BCUT2D eigenvalue weighted by molar-refractivity contribution is -0.140. The van der Waals surface area contributed by atoms with Crippen molar-refractivity contribution >= 4 is 0 Å². The van der Waals surface area contributed by atoms with Gasteiger partial charge in [0.1, 0.15) is 11.6 Å². The number of hydrogen-bond donors (Lipinski definition) is 1. The Morgan fingerprint density at radius 3 is 2.57 bits per heavy atom. The molecule has 2 rings (SSSR count). The van der Waals surface area contributed by atoms with Crippen molar-refractivity contribution in [1.29, 1.82) is 0 Å². The Hall–Kier alpha value is -1.82. The molecule has 0 radical (unpaired) electrons. The maximum Gasteiger partial charge on any atom is 0.419 e.